The van der Waals surface area contributed by atoms with E-state index >= 15 is 0 Å². The van der Waals surface area contributed by atoms with Gasteiger partial charge in [-0.25, -0.2) is 26.8 Å². The summed E-state index contributed by atoms with van der Waals surface area (Å²) >= 11 is 0. The van der Waals surface area contributed by atoms with E-state index in [-0.39, 0.29) is 23.3 Å². The average Bonchev–Trinajstić information content (AvgIpc) is 3.30. The molecule has 3 rings (SSSR count). The molecule has 0 aliphatic heterocycles. The molecule has 2 aromatic rings. The van der Waals surface area contributed by atoms with Crippen LogP contribution in [0.4, 0.5) is 38.0 Å². The predicted octanol–water partition coefficient (Wildman–Crippen LogP) is 7.23. The van der Waals surface area contributed by atoms with Gasteiger partial charge in [-0.05, 0) is 77.1 Å². The number of sulfone groups is 2. The molecule has 0 aromatic carbocycles. The van der Waals surface area contributed by atoms with Gasteiger partial charge in [0.1, 0.15) is 21.1 Å². The molecule has 10 nitrogen and oxygen atoms in total. The van der Waals surface area contributed by atoms with Crippen LogP contribution in [-0.2, 0) is 41.6 Å². The number of rotatable bonds is 10. The van der Waals surface area contributed by atoms with Crippen molar-refractivity contribution in [2.24, 2.45) is 5.92 Å². The molecule has 282 valence electrons. The molecule has 2 amide bonds. The van der Waals surface area contributed by atoms with E-state index in [1.807, 2.05) is 13.8 Å². The van der Waals surface area contributed by atoms with Crippen LogP contribution in [-0.4, -0.2) is 59.1 Å². The molecule has 2 heterocycles. The Morgan fingerprint density at radius 1 is 0.720 bits per heavy atom. The zero-order valence-electron chi connectivity index (χ0n) is 28.7. The van der Waals surface area contributed by atoms with Crippen LogP contribution in [0.25, 0.3) is 0 Å². The number of aromatic nitrogens is 2. The highest BCUT2D eigenvalue weighted by Gasteiger charge is 2.46. The number of carbonyl (C=O) groups is 2. The lowest BCUT2D eigenvalue weighted by atomic mass is 10.2. The number of halogens is 6. The number of hydrogen-bond acceptors (Lipinski definition) is 8. The molecule has 2 aromatic heterocycles. The summed E-state index contributed by atoms with van der Waals surface area (Å²) in [4.78, 5) is 31.9. The number of carbonyl (C=O) groups excluding carboxylic acids is 2. The molecule has 18 heteroatoms. The normalized spacial score (nSPS) is 15.5. The first kappa shape index (κ1) is 42.9. The van der Waals surface area contributed by atoms with E-state index in [9.17, 15) is 52.8 Å². The van der Waals surface area contributed by atoms with Crippen LogP contribution < -0.4 is 10.6 Å². The molecule has 2 N–H and O–H groups in total. The van der Waals surface area contributed by atoms with Gasteiger partial charge in [0.2, 0.25) is 11.8 Å². The molecule has 1 aliphatic carbocycles. The molecule has 1 aliphatic rings. The van der Waals surface area contributed by atoms with Gasteiger partial charge in [0.05, 0.1) is 22.1 Å². The van der Waals surface area contributed by atoms with Crippen molar-refractivity contribution in [1.82, 2.24) is 9.97 Å². The summed E-state index contributed by atoms with van der Waals surface area (Å²) in [5.41, 5.74) is -1.90. The first-order valence-corrected chi connectivity index (χ1v) is 19.1. The highest BCUT2D eigenvalue weighted by molar-refractivity contribution is 7.94. The lowest BCUT2D eigenvalue weighted by molar-refractivity contribution is -0.138. The van der Waals surface area contributed by atoms with Gasteiger partial charge in [0.25, 0.3) is 0 Å². The Kier molecular flexibility index (Phi) is 14.0. The van der Waals surface area contributed by atoms with E-state index in [2.05, 4.69) is 20.6 Å². The highest BCUT2D eigenvalue weighted by atomic mass is 32.2. The molecule has 1 fully saturated rings. The molecule has 0 saturated heterocycles. The summed E-state index contributed by atoms with van der Waals surface area (Å²) in [5.74, 6) is -1.87. The maximum Gasteiger partial charge on any atom is 0.417 e. The zero-order valence-corrected chi connectivity index (χ0v) is 30.3. The topological polar surface area (TPSA) is 152 Å². The zero-order chi connectivity index (χ0) is 38.3. The van der Waals surface area contributed by atoms with Crippen LogP contribution in [0.1, 0.15) is 97.6 Å². The fourth-order valence-electron chi connectivity index (χ4n) is 4.69. The Balaban J connectivity index is 0.000000348. The van der Waals surface area contributed by atoms with Gasteiger partial charge in [0.15, 0.2) is 19.7 Å². The van der Waals surface area contributed by atoms with Crippen molar-refractivity contribution in [2.45, 2.75) is 114 Å². The second kappa shape index (κ2) is 16.4. The molecule has 0 atom stereocenters. The van der Waals surface area contributed by atoms with E-state index in [1.54, 1.807) is 0 Å². The summed E-state index contributed by atoms with van der Waals surface area (Å²) in [6.07, 6.45) is -2.84. The van der Waals surface area contributed by atoms with E-state index in [0.717, 1.165) is 49.9 Å². The fourth-order valence-corrected chi connectivity index (χ4v) is 8.41. The van der Waals surface area contributed by atoms with Crippen molar-refractivity contribution in [2.75, 3.05) is 16.4 Å². The van der Waals surface area contributed by atoms with Gasteiger partial charge in [-0.1, -0.05) is 39.5 Å². The van der Waals surface area contributed by atoms with Crippen molar-refractivity contribution in [3.63, 3.8) is 0 Å². The van der Waals surface area contributed by atoms with Crippen LogP contribution in [0.5, 0.6) is 0 Å². The van der Waals surface area contributed by atoms with Crippen molar-refractivity contribution >= 4 is 43.1 Å². The standard InChI is InChI=1S/C17H23F3N2O3S.C15H21F3N2O3S/c1-16(2,26(24,25)13-7-5-3-4-6-8-13)15(23)22-14-10-9-12(11-21-14)17(18,19)20;1-10(2)7-8-24(22,23)14(3,4)13(21)20-12-6-5-11(9-19-12)15(16,17)18/h9-11,13H,3-8H2,1-2H3,(H,21,22,23);5-6,9-10H,7-8H2,1-4H3,(H,19,20,21). The minimum Gasteiger partial charge on any atom is -0.309 e. The first-order valence-electron chi connectivity index (χ1n) is 15.9. The number of pyridine rings is 2. The molecule has 0 spiro atoms. The Labute approximate surface area is 289 Å². The highest BCUT2D eigenvalue weighted by Crippen LogP contribution is 2.33. The van der Waals surface area contributed by atoms with Gasteiger partial charge < -0.3 is 10.6 Å². The lowest BCUT2D eigenvalue weighted by Crippen LogP contribution is -2.48. The van der Waals surface area contributed by atoms with Crippen molar-refractivity contribution in [3.8, 4) is 0 Å². The van der Waals surface area contributed by atoms with Gasteiger partial charge in [-0.2, -0.15) is 26.3 Å². The second-order valence-corrected chi connectivity index (χ2v) is 18.9. The maximum absolute atomic E-state index is 12.9. The minimum absolute atomic E-state index is 0.118. The Morgan fingerprint density at radius 3 is 1.46 bits per heavy atom. The third-order valence-electron chi connectivity index (χ3n) is 8.45. The van der Waals surface area contributed by atoms with Crippen LogP contribution >= 0.6 is 0 Å². The van der Waals surface area contributed by atoms with Crippen molar-refractivity contribution in [1.29, 1.82) is 0 Å². The number of amides is 2. The summed E-state index contributed by atoms with van der Waals surface area (Å²) in [6, 6.07) is 3.55. The molecular formula is C32H44F6N4O6S2. The van der Waals surface area contributed by atoms with Crippen molar-refractivity contribution in [3.05, 3.63) is 47.8 Å². The van der Waals surface area contributed by atoms with Gasteiger partial charge >= 0.3 is 12.4 Å². The molecule has 0 bridgehead atoms. The smallest absolute Gasteiger partial charge is 0.309 e. The quantitative estimate of drug-likeness (QED) is 0.190. The monoisotopic (exact) mass is 758 g/mol. The van der Waals surface area contributed by atoms with E-state index < -0.39 is 69.7 Å². The van der Waals surface area contributed by atoms with E-state index in [0.29, 0.717) is 31.7 Å². The molecule has 50 heavy (non-hydrogen) atoms. The second-order valence-electron chi connectivity index (χ2n) is 13.4. The number of hydrogen-bond donors (Lipinski definition) is 2. The third kappa shape index (κ3) is 11.1. The van der Waals surface area contributed by atoms with Crippen LogP contribution in [0, 0.1) is 5.92 Å². The molecular weight excluding hydrogens is 714 g/mol. The summed E-state index contributed by atoms with van der Waals surface area (Å²) in [6.45, 7) is 8.92. The molecule has 1 saturated carbocycles. The minimum atomic E-state index is -4.53. The SMILES string of the molecule is CC(C)(C(=O)Nc1ccc(C(F)(F)F)cn1)S(=O)(=O)C1CCCCCC1.CC(C)CCS(=O)(=O)C(C)(C)C(=O)Nc1ccc(C(F)(F)F)cn1. The third-order valence-corrected chi connectivity index (χ3v) is 13.9. The van der Waals surface area contributed by atoms with Crippen molar-refractivity contribution < 1.29 is 52.8 Å². The lowest BCUT2D eigenvalue weighted by Gasteiger charge is -2.28. The summed E-state index contributed by atoms with van der Waals surface area (Å²) in [7, 11) is -7.48. The molecule has 0 radical (unpaired) electrons. The van der Waals surface area contributed by atoms with Gasteiger partial charge in [0, 0.05) is 12.4 Å². The largest absolute Gasteiger partial charge is 0.417 e. The predicted molar refractivity (Wildman–Crippen MR) is 178 cm³/mol. The average molecular weight is 759 g/mol. The Bertz CT molecular complexity index is 1670. The van der Waals surface area contributed by atoms with Crippen LogP contribution in [0.3, 0.4) is 0 Å². The van der Waals surface area contributed by atoms with Crippen LogP contribution in [0.2, 0.25) is 0 Å². The first-order chi connectivity index (χ1) is 22.7. The van der Waals surface area contributed by atoms with Gasteiger partial charge in [-0.3, -0.25) is 9.59 Å². The Hall–Kier alpha value is -3.28. The summed E-state index contributed by atoms with van der Waals surface area (Å²) in [5, 5.41) is 4.01. The number of nitrogens with zero attached hydrogens (tertiary/aromatic N) is 2. The Morgan fingerprint density at radius 2 is 1.12 bits per heavy atom. The molecule has 0 unspecified atom stereocenters. The number of anilines is 2. The number of nitrogens with one attached hydrogen (secondary N) is 2. The van der Waals surface area contributed by atoms with E-state index in [4.69, 9.17) is 0 Å². The number of alkyl halides is 6. The van der Waals surface area contributed by atoms with E-state index in [1.165, 1.54) is 27.7 Å². The fraction of sp³-hybridized carbons (Fsp3) is 0.625. The summed E-state index contributed by atoms with van der Waals surface area (Å²) < 4.78 is 122. The van der Waals surface area contributed by atoms with Crippen LogP contribution in [0.15, 0.2) is 36.7 Å². The van der Waals surface area contributed by atoms with Gasteiger partial charge in [-0.15, -0.1) is 0 Å². The maximum atomic E-state index is 12.9.